The first-order chi connectivity index (χ1) is 19.5. The average Bonchev–Trinajstić information content (AvgIpc) is 3.58. The fourth-order valence-corrected chi connectivity index (χ4v) is 8.11. The monoisotopic (exact) mass is 623 g/mol. The van der Waals surface area contributed by atoms with Crippen molar-refractivity contribution in [1.29, 1.82) is 5.41 Å². The van der Waals surface area contributed by atoms with Gasteiger partial charge in [0.2, 0.25) is 0 Å². The van der Waals surface area contributed by atoms with Gasteiger partial charge in [-0.25, -0.2) is 4.39 Å². The maximum atomic E-state index is 15.2. The number of ether oxygens (including phenoxy) is 1. The molecule has 7 nitrogen and oxygen atoms in total. The number of carbonyl (C=O) groups excluding carboxylic acids is 1. The Bertz CT molecular complexity index is 1430. The van der Waals surface area contributed by atoms with Crippen LogP contribution in [0.2, 0.25) is 10.0 Å². The van der Waals surface area contributed by atoms with Gasteiger partial charge in [0.25, 0.3) is 5.91 Å². The van der Waals surface area contributed by atoms with Crippen LogP contribution in [-0.4, -0.2) is 58.2 Å². The van der Waals surface area contributed by atoms with Crippen LogP contribution in [0.3, 0.4) is 0 Å². The predicted molar refractivity (Wildman–Crippen MR) is 164 cm³/mol. The largest absolute Gasteiger partial charge is 0.512 e. The van der Waals surface area contributed by atoms with Crippen LogP contribution in [0.4, 0.5) is 10.1 Å². The molecule has 3 N–H and O–H groups in total. The molecule has 2 unspecified atom stereocenters. The second kappa shape index (κ2) is 12.0. The maximum absolute atomic E-state index is 15.2. The minimum absolute atomic E-state index is 0.0228. The van der Waals surface area contributed by atoms with E-state index in [2.05, 4.69) is 4.72 Å². The van der Waals surface area contributed by atoms with E-state index in [0.29, 0.717) is 52.0 Å². The molecule has 3 atom stereocenters. The first-order valence-corrected chi connectivity index (χ1v) is 17.1. The molecule has 1 heterocycles. The fraction of sp³-hybridized carbons (Fsp3) is 0.467. The van der Waals surface area contributed by atoms with E-state index in [1.807, 2.05) is 11.8 Å². The second-order valence-electron chi connectivity index (χ2n) is 11.4. The van der Waals surface area contributed by atoms with Crippen molar-refractivity contribution in [2.75, 3.05) is 30.1 Å². The molecule has 2 aliphatic carbocycles. The zero-order valence-corrected chi connectivity index (χ0v) is 25.5. The lowest BCUT2D eigenvalue weighted by molar-refractivity contribution is 0.0389. The quantitative estimate of drug-likeness (QED) is 0.137. The van der Waals surface area contributed by atoms with Crippen molar-refractivity contribution < 1.29 is 23.2 Å². The van der Waals surface area contributed by atoms with E-state index in [1.54, 1.807) is 30.3 Å². The van der Waals surface area contributed by atoms with E-state index in [1.165, 1.54) is 12.3 Å². The summed E-state index contributed by atoms with van der Waals surface area (Å²) >= 11 is 12.7. The molecule has 41 heavy (non-hydrogen) atoms. The maximum Gasteiger partial charge on any atom is 0.261 e. The number of hydrogen-bond donors (Lipinski definition) is 4. The van der Waals surface area contributed by atoms with Crippen LogP contribution in [0.5, 0.6) is 0 Å². The van der Waals surface area contributed by atoms with Gasteiger partial charge in [-0.2, -0.15) is 0 Å². The number of carbonyl (C=O) groups is 1. The zero-order valence-electron chi connectivity index (χ0n) is 23.1. The standard InChI is InChI=1S/C30H36Cl2FN3O4S/c1-3-11-41(2,39)35-30(38)18-9-10-25(24(33)13-18)36-15-19-12-20(36)14-26(19)40-16-21(29(37)17-7-8-17)28(34)27-22(31)5-4-6-23(27)32/h4-6,9-10,13,17,19-20,26,34,37,41H,3,7-8,11-12,14-16H2,1-2H3,(H,35,38,39)/b29-21-,34-28?/t19-,20?,26?/m0/s1. The summed E-state index contributed by atoms with van der Waals surface area (Å²) in [5.41, 5.74) is 1.42. The highest BCUT2D eigenvalue weighted by molar-refractivity contribution is 8.01. The number of anilines is 1. The molecule has 0 aromatic heterocycles. The first-order valence-electron chi connectivity index (χ1n) is 14.0. The van der Waals surface area contributed by atoms with Gasteiger partial charge in [0.1, 0.15) is 11.6 Å². The third-order valence-electron chi connectivity index (χ3n) is 8.21. The van der Waals surface area contributed by atoms with Crippen molar-refractivity contribution in [3.8, 4) is 0 Å². The summed E-state index contributed by atoms with van der Waals surface area (Å²) in [5, 5.41) is 20.4. The highest BCUT2D eigenvalue weighted by Gasteiger charge is 2.46. The number of hydrogen-bond acceptors (Lipinski definition) is 6. The molecule has 2 bridgehead atoms. The number of fused-ring (bicyclic) bond motifs is 2. The van der Waals surface area contributed by atoms with E-state index in [-0.39, 0.29) is 47.6 Å². The van der Waals surface area contributed by atoms with Gasteiger partial charge in [0.15, 0.2) is 0 Å². The Balaban J connectivity index is 1.24. The summed E-state index contributed by atoms with van der Waals surface area (Å²) < 4.78 is 36.6. The van der Waals surface area contributed by atoms with Gasteiger partial charge >= 0.3 is 0 Å². The molecule has 11 heteroatoms. The highest BCUT2D eigenvalue weighted by atomic mass is 35.5. The van der Waals surface area contributed by atoms with Gasteiger partial charge in [0, 0.05) is 53.1 Å². The minimum atomic E-state index is -2.82. The predicted octanol–water partition coefficient (Wildman–Crippen LogP) is 6.11. The smallest absolute Gasteiger partial charge is 0.261 e. The fourth-order valence-electron chi connectivity index (χ4n) is 6.00. The second-order valence-corrected chi connectivity index (χ2v) is 15.1. The third kappa shape index (κ3) is 6.48. The van der Waals surface area contributed by atoms with Crippen molar-refractivity contribution in [3.05, 3.63) is 74.7 Å². The number of aliphatic hydroxyl groups is 1. The van der Waals surface area contributed by atoms with E-state index >= 15 is 4.39 Å². The minimum Gasteiger partial charge on any atom is -0.512 e. The molecule has 5 rings (SSSR count). The number of halogens is 3. The number of benzene rings is 2. The average molecular weight is 625 g/mol. The molecule has 3 aliphatic rings. The lowest BCUT2D eigenvalue weighted by Crippen LogP contribution is -2.40. The van der Waals surface area contributed by atoms with E-state index in [4.69, 9.17) is 33.3 Å². The summed E-state index contributed by atoms with van der Waals surface area (Å²) in [6.45, 7) is 2.56. The number of piperidine rings is 1. The molecule has 222 valence electrons. The Morgan fingerprint density at radius 1 is 1.22 bits per heavy atom. The lowest BCUT2D eigenvalue weighted by Gasteiger charge is -2.33. The highest BCUT2D eigenvalue weighted by Crippen LogP contribution is 2.44. The van der Waals surface area contributed by atoms with Gasteiger partial charge in [-0.15, -0.1) is 0 Å². The molecule has 0 radical (unpaired) electrons. The van der Waals surface area contributed by atoms with Crippen molar-refractivity contribution in [2.45, 2.75) is 51.2 Å². The van der Waals surface area contributed by atoms with Crippen molar-refractivity contribution in [2.24, 2.45) is 11.8 Å². The molecule has 1 amide bonds. The van der Waals surface area contributed by atoms with E-state index in [0.717, 1.165) is 19.3 Å². The number of nitrogens with zero attached hydrogens (tertiary/aromatic N) is 1. The van der Waals surface area contributed by atoms with Gasteiger partial charge in [-0.1, -0.05) is 36.2 Å². The number of nitrogens with one attached hydrogen (secondary N) is 2. The summed E-state index contributed by atoms with van der Waals surface area (Å²) in [6, 6.07) is 9.52. The number of thiol groups is 1. The number of aliphatic hydroxyl groups excluding tert-OH is 1. The van der Waals surface area contributed by atoms with Crippen molar-refractivity contribution >= 4 is 50.6 Å². The molecule has 2 aromatic rings. The van der Waals surface area contributed by atoms with Crippen LogP contribution in [0, 0.1) is 23.1 Å². The summed E-state index contributed by atoms with van der Waals surface area (Å²) in [5.74, 6) is -0.288. The Labute approximate surface area is 251 Å². The van der Waals surface area contributed by atoms with Crippen molar-refractivity contribution in [3.63, 3.8) is 0 Å². The summed E-state index contributed by atoms with van der Waals surface area (Å²) in [7, 11) is -2.82. The van der Waals surface area contributed by atoms with E-state index in [9.17, 15) is 14.1 Å². The number of amides is 1. The van der Waals surface area contributed by atoms with Crippen LogP contribution in [-0.2, 0) is 14.9 Å². The van der Waals surface area contributed by atoms with E-state index < -0.39 is 21.8 Å². The van der Waals surface area contributed by atoms with Gasteiger partial charge in [0.05, 0.1) is 34.2 Å². The molecule has 0 spiro atoms. The Morgan fingerprint density at radius 2 is 1.93 bits per heavy atom. The Hall–Kier alpha value is -2.46. The Kier molecular flexibility index (Phi) is 8.81. The van der Waals surface area contributed by atoms with Gasteiger partial charge in [-0.3, -0.25) is 19.1 Å². The van der Waals surface area contributed by atoms with Crippen LogP contribution in [0.15, 0.2) is 47.7 Å². The van der Waals surface area contributed by atoms with Crippen LogP contribution in [0.25, 0.3) is 0 Å². The first kappa shape index (κ1) is 30.0. The molecular weight excluding hydrogens is 588 g/mol. The zero-order chi connectivity index (χ0) is 29.5. The molecular formula is C30H36Cl2FN3O4S. The molecule has 3 fully saturated rings. The third-order valence-corrected chi connectivity index (χ3v) is 10.8. The lowest BCUT2D eigenvalue weighted by atomic mass is 9.99. The van der Waals surface area contributed by atoms with Crippen molar-refractivity contribution in [1.82, 2.24) is 4.72 Å². The molecule has 2 saturated carbocycles. The molecule has 1 aliphatic heterocycles. The normalized spacial score (nSPS) is 23.0. The molecule has 1 saturated heterocycles. The van der Waals surface area contributed by atoms with Gasteiger partial charge < -0.3 is 14.7 Å². The van der Waals surface area contributed by atoms with Crippen LogP contribution < -0.4 is 9.62 Å². The molecule has 2 aromatic carbocycles. The van der Waals surface area contributed by atoms with Crippen LogP contribution >= 0.6 is 23.2 Å². The van der Waals surface area contributed by atoms with Crippen LogP contribution in [0.1, 0.15) is 54.9 Å². The SMILES string of the molecule is CCC[SH](C)(=O)NC(=O)c1ccc(N2C[C@@H]3CC2CC3OC/C(C(=N)c2c(Cl)cccc2Cl)=C(/O)C2CC2)c(F)c1. The summed E-state index contributed by atoms with van der Waals surface area (Å²) in [6.07, 6.45) is 5.36. The number of allylic oxidation sites excluding steroid dienone is 1. The topological polar surface area (TPSA) is 103 Å². The number of rotatable bonds is 11. The summed E-state index contributed by atoms with van der Waals surface area (Å²) in [4.78, 5) is 14.6. The Morgan fingerprint density at radius 3 is 2.51 bits per heavy atom. The van der Waals surface area contributed by atoms with Gasteiger partial charge in [-0.05, 0) is 72.6 Å².